The maximum atomic E-state index is 11.4. The van der Waals surface area contributed by atoms with Crippen molar-refractivity contribution in [2.24, 2.45) is 0 Å². The van der Waals surface area contributed by atoms with Crippen LogP contribution in [0.25, 0.3) is 0 Å². The van der Waals surface area contributed by atoms with E-state index in [4.69, 9.17) is 5.11 Å². The van der Waals surface area contributed by atoms with Crippen LogP contribution in [0.15, 0.2) is 18.7 Å². The Kier molecular flexibility index (Phi) is 3.22. The maximum Gasteiger partial charge on any atom is 0.407 e. The Hall–Kier alpha value is -1.85. The van der Waals surface area contributed by atoms with Crippen LogP contribution in [0.3, 0.4) is 0 Å². The van der Waals surface area contributed by atoms with Gasteiger partial charge in [0.25, 0.3) is 5.91 Å². The van der Waals surface area contributed by atoms with Gasteiger partial charge in [-0.2, -0.15) is 0 Å². The number of amides is 1. The van der Waals surface area contributed by atoms with E-state index >= 15 is 0 Å². The lowest BCUT2D eigenvalue weighted by atomic mass is 10.5. The molecule has 1 aromatic rings. The topological polar surface area (TPSA) is 75.4 Å². The molecule has 0 bridgehead atoms. The number of likely N-dealkylation sites (N-methyl/N-ethyl adjacent to an activating group) is 1. The zero-order valence-electron chi connectivity index (χ0n) is 7.75. The Labute approximate surface area is 80.8 Å². The molecule has 0 atom stereocenters. The van der Waals surface area contributed by atoms with Crippen LogP contribution in [0.2, 0.25) is 0 Å². The molecule has 1 amide bonds. The van der Waals surface area contributed by atoms with Gasteiger partial charge in [0.15, 0.2) is 0 Å². The van der Waals surface area contributed by atoms with Gasteiger partial charge in [0, 0.05) is 18.9 Å². The molecule has 0 aliphatic rings. The van der Waals surface area contributed by atoms with Gasteiger partial charge in [-0.25, -0.2) is 9.78 Å². The van der Waals surface area contributed by atoms with Crippen LogP contribution < -0.4 is 0 Å². The zero-order valence-corrected chi connectivity index (χ0v) is 7.75. The lowest BCUT2D eigenvalue weighted by Gasteiger charge is -2.15. The molecule has 6 nitrogen and oxygen atoms in total. The van der Waals surface area contributed by atoms with Gasteiger partial charge in [-0.05, 0) is 6.92 Å². The molecule has 0 unspecified atom stereocenters. The summed E-state index contributed by atoms with van der Waals surface area (Å²) in [6.45, 7) is 1.81. The van der Waals surface area contributed by atoms with Gasteiger partial charge in [0.05, 0.1) is 0 Å². The average molecular weight is 197 g/mol. The van der Waals surface area contributed by atoms with Gasteiger partial charge in [0.2, 0.25) is 0 Å². The first-order valence-corrected chi connectivity index (χ1v) is 4.14. The van der Waals surface area contributed by atoms with Crippen LogP contribution in [-0.2, 0) is 0 Å². The molecule has 1 aromatic heterocycles. The van der Waals surface area contributed by atoms with E-state index in [1.807, 2.05) is 0 Å². The monoisotopic (exact) mass is 197 g/mol. The molecule has 0 saturated carbocycles. The van der Waals surface area contributed by atoms with E-state index in [2.05, 4.69) is 4.98 Å². The van der Waals surface area contributed by atoms with Crippen LogP contribution in [-0.4, -0.2) is 44.6 Å². The SMILES string of the molecule is CCN(CC(=O)n1ccnc1)C(=O)O. The number of aromatic nitrogens is 2. The molecule has 14 heavy (non-hydrogen) atoms. The Morgan fingerprint density at radius 2 is 2.29 bits per heavy atom. The summed E-state index contributed by atoms with van der Waals surface area (Å²) >= 11 is 0. The number of carboxylic acid groups (broad SMARTS) is 1. The number of carbonyl (C=O) groups is 2. The Balaban J connectivity index is 2.60. The fourth-order valence-corrected chi connectivity index (χ4v) is 0.966. The van der Waals surface area contributed by atoms with E-state index in [0.29, 0.717) is 0 Å². The van der Waals surface area contributed by atoms with Gasteiger partial charge in [-0.3, -0.25) is 14.3 Å². The fourth-order valence-electron chi connectivity index (χ4n) is 0.966. The van der Waals surface area contributed by atoms with Crippen LogP contribution in [0.4, 0.5) is 4.79 Å². The largest absolute Gasteiger partial charge is 0.465 e. The number of imidazole rings is 1. The fraction of sp³-hybridized carbons (Fsp3) is 0.375. The Morgan fingerprint density at radius 3 is 2.71 bits per heavy atom. The van der Waals surface area contributed by atoms with Crippen LogP contribution in [0.1, 0.15) is 11.7 Å². The number of rotatable bonds is 3. The summed E-state index contributed by atoms with van der Waals surface area (Å²) in [5, 5.41) is 8.67. The van der Waals surface area contributed by atoms with E-state index < -0.39 is 6.09 Å². The Bertz CT molecular complexity index is 321. The molecule has 1 rings (SSSR count). The second-order valence-corrected chi connectivity index (χ2v) is 2.66. The van der Waals surface area contributed by atoms with Gasteiger partial charge >= 0.3 is 6.09 Å². The summed E-state index contributed by atoms with van der Waals surface area (Å²) in [7, 11) is 0. The second kappa shape index (κ2) is 4.40. The van der Waals surface area contributed by atoms with E-state index in [9.17, 15) is 9.59 Å². The van der Waals surface area contributed by atoms with Crippen molar-refractivity contribution in [3.05, 3.63) is 18.7 Å². The molecule has 0 aliphatic heterocycles. The lowest BCUT2D eigenvalue weighted by molar-refractivity contribution is 0.0834. The van der Waals surface area contributed by atoms with Crippen molar-refractivity contribution in [1.29, 1.82) is 0 Å². The lowest BCUT2D eigenvalue weighted by Crippen LogP contribution is -2.36. The van der Waals surface area contributed by atoms with Crippen molar-refractivity contribution >= 4 is 12.0 Å². The highest BCUT2D eigenvalue weighted by Gasteiger charge is 2.14. The van der Waals surface area contributed by atoms with Crippen molar-refractivity contribution in [2.45, 2.75) is 6.92 Å². The molecule has 0 spiro atoms. The molecule has 1 heterocycles. The minimum absolute atomic E-state index is 0.151. The summed E-state index contributed by atoms with van der Waals surface area (Å²) in [6.07, 6.45) is 3.20. The summed E-state index contributed by atoms with van der Waals surface area (Å²) in [5.74, 6) is -0.313. The van der Waals surface area contributed by atoms with Crippen LogP contribution in [0, 0.1) is 0 Å². The molecule has 0 radical (unpaired) electrons. The molecule has 0 fully saturated rings. The molecule has 6 heteroatoms. The highest BCUT2D eigenvalue weighted by atomic mass is 16.4. The normalized spacial score (nSPS) is 9.79. The smallest absolute Gasteiger partial charge is 0.407 e. The van der Waals surface area contributed by atoms with E-state index in [0.717, 1.165) is 4.90 Å². The van der Waals surface area contributed by atoms with Crippen molar-refractivity contribution in [1.82, 2.24) is 14.5 Å². The minimum atomic E-state index is -1.10. The third-order valence-corrected chi connectivity index (χ3v) is 1.77. The van der Waals surface area contributed by atoms with E-state index in [-0.39, 0.29) is 19.0 Å². The quantitative estimate of drug-likeness (QED) is 0.766. The Morgan fingerprint density at radius 1 is 1.57 bits per heavy atom. The summed E-state index contributed by atoms with van der Waals surface area (Å²) in [4.78, 5) is 26.7. The summed E-state index contributed by atoms with van der Waals surface area (Å²) in [5.41, 5.74) is 0. The van der Waals surface area contributed by atoms with Crippen LogP contribution in [0.5, 0.6) is 0 Å². The molecule has 0 saturated heterocycles. The van der Waals surface area contributed by atoms with Crippen molar-refractivity contribution < 1.29 is 14.7 Å². The van der Waals surface area contributed by atoms with Crippen LogP contribution >= 0.6 is 0 Å². The number of hydrogen-bond donors (Lipinski definition) is 1. The van der Waals surface area contributed by atoms with E-state index in [1.54, 1.807) is 6.92 Å². The van der Waals surface area contributed by atoms with E-state index in [1.165, 1.54) is 23.3 Å². The summed E-state index contributed by atoms with van der Waals surface area (Å²) < 4.78 is 1.26. The number of carbonyl (C=O) groups excluding carboxylic acids is 1. The molecular formula is C8H11N3O3. The third kappa shape index (κ3) is 2.32. The predicted molar refractivity (Wildman–Crippen MR) is 48.1 cm³/mol. The third-order valence-electron chi connectivity index (χ3n) is 1.77. The molecular weight excluding hydrogens is 186 g/mol. The first kappa shape index (κ1) is 10.2. The van der Waals surface area contributed by atoms with Gasteiger partial charge < -0.3 is 5.11 Å². The molecule has 1 N–H and O–H groups in total. The predicted octanol–water partition coefficient (Wildman–Crippen LogP) is 0.523. The zero-order chi connectivity index (χ0) is 10.6. The summed E-state index contributed by atoms with van der Waals surface area (Å²) in [6, 6.07) is 0. The highest BCUT2D eigenvalue weighted by molar-refractivity contribution is 5.83. The highest BCUT2D eigenvalue weighted by Crippen LogP contribution is 1.93. The van der Waals surface area contributed by atoms with Gasteiger partial charge in [-0.1, -0.05) is 0 Å². The first-order valence-electron chi connectivity index (χ1n) is 4.14. The van der Waals surface area contributed by atoms with Gasteiger partial charge in [-0.15, -0.1) is 0 Å². The number of hydrogen-bond acceptors (Lipinski definition) is 3. The van der Waals surface area contributed by atoms with Gasteiger partial charge in [0.1, 0.15) is 12.9 Å². The maximum absolute atomic E-state index is 11.4. The average Bonchev–Trinajstić information content (AvgIpc) is 2.65. The minimum Gasteiger partial charge on any atom is -0.465 e. The molecule has 0 aliphatic carbocycles. The van der Waals surface area contributed by atoms with Crippen molar-refractivity contribution in [3.63, 3.8) is 0 Å². The number of nitrogens with zero attached hydrogens (tertiary/aromatic N) is 3. The first-order chi connectivity index (χ1) is 6.65. The standard InChI is InChI=1S/C8H11N3O3/c1-2-10(8(13)14)5-7(12)11-4-3-9-6-11/h3-4,6H,2,5H2,1H3,(H,13,14). The van der Waals surface area contributed by atoms with Crippen molar-refractivity contribution in [2.75, 3.05) is 13.1 Å². The second-order valence-electron chi connectivity index (χ2n) is 2.66. The molecule has 0 aromatic carbocycles. The van der Waals surface area contributed by atoms with Crippen molar-refractivity contribution in [3.8, 4) is 0 Å². The molecule has 76 valence electrons.